The maximum atomic E-state index is 11.8. The molecule has 2 amide bonds. The van der Waals surface area contributed by atoms with Crippen molar-refractivity contribution in [1.29, 1.82) is 0 Å². The molecule has 1 aromatic carbocycles. The van der Waals surface area contributed by atoms with E-state index in [1.54, 1.807) is 0 Å². The van der Waals surface area contributed by atoms with Gasteiger partial charge >= 0.3 is 0 Å². The van der Waals surface area contributed by atoms with Gasteiger partial charge in [-0.05, 0) is 30.4 Å². The summed E-state index contributed by atoms with van der Waals surface area (Å²) in [4.78, 5) is 25.1. The predicted octanol–water partition coefficient (Wildman–Crippen LogP) is 2.15. The topological polar surface area (TPSA) is 37.4 Å². The van der Waals surface area contributed by atoms with Gasteiger partial charge in [0, 0.05) is 12.2 Å². The number of fused-ring (bicyclic) bond motifs is 1. The van der Waals surface area contributed by atoms with Crippen LogP contribution in [0.1, 0.15) is 29.7 Å². The minimum absolute atomic E-state index is 0.102. The Morgan fingerprint density at radius 2 is 1.83 bits per heavy atom. The van der Waals surface area contributed by atoms with Crippen molar-refractivity contribution >= 4 is 11.8 Å². The molecule has 0 bridgehead atoms. The van der Waals surface area contributed by atoms with Gasteiger partial charge in [0.1, 0.15) is 0 Å². The van der Waals surface area contributed by atoms with Crippen LogP contribution in [0.2, 0.25) is 0 Å². The molecule has 0 radical (unpaired) electrons. The molecule has 18 heavy (non-hydrogen) atoms. The molecule has 1 heterocycles. The lowest BCUT2D eigenvalue weighted by molar-refractivity contribution is -0.140. The van der Waals surface area contributed by atoms with Crippen LogP contribution in [0, 0.1) is 12.8 Å². The molecule has 2 atom stereocenters. The van der Waals surface area contributed by atoms with Gasteiger partial charge in [0.05, 0.1) is 6.04 Å². The van der Waals surface area contributed by atoms with Crippen molar-refractivity contribution in [1.82, 2.24) is 4.90 Å². The lowest BCUT2D eigenvalue weighted by atomic mass is 10.00. The molecule has 3 nitrogen and oxygen atoms in total. The Morgan fingerprint density at radius 1 is 1.17 bits per heavy atom. The Bertz CT molecular complexity index is 556. The minimum Gasteiger partial charge on any atom is -0.269 e. The quantitative estimate of drug-likeness (QED) is 0.706. The second-order valence-electron chi connectivity index (χ2n) is 5.21. The monoisotopic (exact) mass is 241 g/mol. The molecule has 0 spiro atoms. The van der Waals surface area contributed by atoms with Gasteiger partial charge in [-0.1, -0.05) is 30.7 Å². The summed E-state index contributed by atoms with van der Waals surface area (Å²) in [5.41, 5.74) is 3.55. The maximum absolute atomic E-state index is 11.8. The molecule has 1 aliphatic carbocycles. The van der Waals surface area contributed by atoms with Crippen LogP contribution in [-0.4, -0.2) is 16.7 Å². The van der Waals surface area contributed by atoms with Gasteiger partial charge in [0.2, 0.25) is 0 Å². The lowest BCUT2D eigenvalue weighted by Crippen LogP contribution is -2.35. The van der Waals surface area contributed by atoms with E-state index < -0.39 is 0 Å². The molecule has 92 valence electrons. The normalized spacial score (nSPS) is 26.0. The zero-order valence-electron chi connectivity index (χ0n) is 10.5. The predicted molar refractivity (Wildman–Crippen MR) is 67.8 cm³/mol. The van der Waals surface area contributed by atoms with Crippen LogP contribution in [0.3, 0.4) is 0 Å². The number of nitrogens with zero attached hydrogens (tertiary/aromatic N) is 1. The van der Waals surface area contributed by atoms with Crippen molar-refractivity contribution in [2.75, 3.05) is 0 Å². The molecule has 1 aliphatic heterocycles. The van der Waals surface area contributed by atoms with Crippen molar-refractivity contribution in [3.8, 4) is 0 Å². The van der Waals surface area contributed by atoms with E-state index in [1.807, 2.05) is 6.92 Å². The minimum atomic E-state index is -0.189. The molecule has 0 aromatic heterocycles. The molecular weight excluding hydrogens is 226 g/mol. The molecule has 0 saturated carbocycles. The molecule has 2 aliphatic rings. The fourth-order valence-corrected chi connectivity index (χ4v) is 3.02. The summed E-state index contributed by atoms with van der Waals surface area (Å²) in [5, 5.41) is 0. The van der Waals surface area contributed by atoms with Gasteiger partial charge in [-0.3, -0.25) is 14.5 Å². The number of carbonyl (C=O) groups is 2. The summed E-state index contributed by atoms with van der Waals surface area (Å²) in [7, 11) is 0. The van der Waals surface area contributed by atoms with Crippen molar-refractivity contribution in [3.05, 3.63) is 47.0 Å². The second kappa shape index (κ2) is 3.80. The SMILES string of the molecule is Cc1ccc2c(c1)[C@@H](N1C(=O)C=CC1=O)[C@@H](C)C2. The summed E-state index contributed by atoms with van der Waals surface area (Å²) in [6.45, 7) is 4.13. The van der Waals surface area contributed by atoms with E-state index in [0.717, 1.165) is 12.0 Å². The summed E-state index contributed by atoms with van der Waals surface area (Å²) in [6.07, 6.45) is 3.66. The van der Waals surface area contributed by atoms with Gasteiger partial charge in [0.15, 0.2) is 0 Å². The number of imide groups is 1. The number of benzene rings is 1. The zero-order valence-corrected chi connectivity index (χ0v) is 10.5. The first-order valence-electron chi connectivity index (χ1n) is 6.22. The third-order valence-corrected chi connectivity index (χ3v) is 3.82. The van der Waals surface area contributed by atoms with Gasteiger partial charge in [-0.25, -0.2) is 0 Å². The summed E-state index contributed by atoms with van der Waals surface area (Å²) in [5.74, 6) is -0.0907. The second-order valence-corrected chi connectivity index (χ2v) is 5.21. The van der Waals surface area contributed by atoms with Crippen LogP contribution < -0.4 is 0 Å². The first kappa shape index (κ1) is 11.2. The van der Waals surface area contributed by atoms with Crippen LogP contribution in [0.25, 0.3) is 0 Å². The van der Waals surface area contributed by atoms with Gasteiger partial charge < -0.3 is 0 Å². The van der Waals surface area contributed by atoms with E-state index in [-0.39, 0.29) is 23.8 Å². The number of hydrogen-bond donors (Lipinski definition) is 0. The third kappa shape index (κ3) is 1.50. The molecule has 0 unspecified atom stereocenters. The number of carbonyl (C=O) groups excluding carboxylic acids is 2. The first-order chi connectivity index (χ1) is 8.58. The summed E-state index contributed by atoms with van der Waals surface area (Å²) < 4.78 is 0. The highest BCUT2D eigenvalue weighted by Gasteiger charge is 2.40. The van der Waals surface area contributed by atoms with E-state index in [0.29, 0.717) is 0 Å². The first-order valence-corrected chi connectivity index (χ1v) is 6.22. The average Bonchev–Trinajstić information content (AvgIpc) is 2.80. The van der Waals surface area contributed by atoms with Crippen LogP contribution in [0.4, 0.5) is 0 Å². The molecular formula is C15H15NO2. The van der Waals surface area contributed by atoms with Gasteiger partial charge in [-0.2, -0.15) is 0 Å². The number of aryl methyl sites for hydroxylation is 1. The van der Waals surface area contributed by atoms with E-state index in [9.17, 15) is 9.59 Å². The molecule has 3 heteroatoms. The standard InChI is InChI=1S/C15H15NO2/c1-9-3-4-11-8-10(2)15(12(11)7-9)16-13(17)5-6-14(16)18/h3-7,10,15H,8H2,1-2H3/t10-,15-/m0/s1. The van der Waals surface area contributed by atoms with Crippen molar-refractivity contribution < 1.29 is 9.59 Å². The highest BCUT2D eigenvalue weighted by atomic mass is 16.2. The number of rotatable bonds is 1. The average molecular weight is 241 g/mol. The Hall–Kier alpha value is -1.90. The van der Waals surface area contributed by atoms with Crippen LogP contribution in [-0.2, 0) is 16.0 Å². The summed E-state index contributed by atoms with van der Waals surface area (Å²) >= 11 is 0. The van der Waals surface area contributed by atoms with E-state index in [1.165, 1.54) is 28.2 Å². The Labute approximate surface area is 106 Å². The fourth-order valence-electron chi connectivity index (χ4n) is 3.02. The molecule has 0 N–H and O–H groups in total. The smallest absolute Gasteiger partial charge is 0.254 e. The Kier molecular flexibility index (Phi) is 2.37. The van der Waals surface area contributed by atoms with Crippen molar-refractivity contribution in [2.45, 2.75) is 26.3 Å². The Balaban J connectivity index is 2.06. The number of hydrogen-bond acceptors (Lipinski definition) is 2. The molecule has 1 aromatic rings. The lowest BCUT2D eigenvalue weighted by Gasteiger charge is -2.26. The largest absolute Gasteiger partial charge is 0.269 e. The van der Waals surface area contributed by atoms with E-state index in [2.05, 4.69) is 25.1 Å². The Morgan fingerprint density at radius 3 is 2.50 bits per heavy atom. The maximum Gasteiger partial charge on any atom is 0.254 e. The zero-order chi connectivity index (χ0) is 12.9. The van der Waals surface area contributed by atoms with E-state index in [4.69, 9.17) is 0 Å². The van der Waals surface area contributed by atoms with E-state index >= 15 is 0 Å². The molecule has 0 saturated heterocycles. The summed E-state index contributed by atoms with van der Waals surface area (Å²) in [6, 6.07) is 6.19. The van der Waals surface area contributed by atoms with Crippen molar-refractivity contribution in [2.24, 2.45) is 5.92 Å². The van der Waals surface area contributed by atoms with Crippen molar-refractivity contribution in [3.63, 3.8) is 0 Å². The van der Waals surface area contributed by atoms with Crippen LogP contribution in [0.15, 0.2) is 30.4 Å². The third-order valence-electron chi connectivity index (χ3n) is 3.82. The molecule has 3 rings (SSSR count). The highest BCUT2D eigenvalue weighted by molar-refractivity contribution is 6.13. The van der Waals surface area contributed by atoms with Gasteiger partial charge in [-0.15, -0.1) is 0 Å². The van der Waals surface area contributed by atoms with Crippen LogP contribution >= 0.6 is 0 Å². The van der Waals surface area contributed by atoms with Crippen LogP contribution in [0.5, 0.6) is 0 Å². The molecule has 0 fully saturated rings. The highest BCUT2D eigenvalue weighted by Crippen LogP contribution is 2.41. The number of amides is 2. The fraction of sp³-hybridized carbons (Fsp3) is 0.333. The van der Waals surface area contributed by atoms with Gasteiger partial charge in [0.25, 0.3) is 11.8 Å².